The van der Waals surface area contributed by atoms with Gasteiger partial charge in [-0.15, -0.1) is 10.2 Å². The molecule has 1 N–H and O–H groups in total. The zero-order valence-electron chi connectivity index (χ0n) is 21.7. The third kappa shape index (κ3) is 6.66. The summed E-state index contributed by atoms with van der Waals surface area (Å²) in [5.41, 5.74) is 0.978. The first kappa shape index (κ1) is 30.7. The normalized spacial score (nSPS) is 13.5. The van der Waals surface area contributed by atoms with E-state index >= 15 is 0 Å². The SMILES string of the molecule is CCC(C)n1c(SC(C)C(=O)Nc2cc(Cl)c(Cl)cc2Cl)nnc1-c1cccc(S(=O)(=O)N(CC)CC)c1. The van der Waals surface area contributed by atoms with Gasteiger partial charge < -0.3 is 5.32 Å². The predicted molar refractivity (Wildman–Crippen MR) is 156 cm³/mol. The highest BCUT2D eigenvalue weighted by molar-refractivity contribution is 8.00. The fraction of sp³-hybridized carbons (Fsp3) is 0.400. The van der Waals surface area contributed by atoms with Gasteiger partial charge in [-0.2, -0.15) is 4.31 Å². The van der Waals surface area contributed by atoms with Crippen molar-refractivity contribution in [3.05, 3.63) is 51.5 Å². The number of thioether (sulfide) groups is 1. The average molecular weight is 619 g/mol. The number of nitrogens with zero attached hydrogens (tertiary/aromatic N) is 4. The molecule has 2 atom stereocenters. The van der Waals surface area contributed by atoms with E-state index in [0.717, 1.165) is 6.42 Å². The van der Waals surface area contributed by atoms with Gasteiger partial charge in [0.05, 0.1) is 30.9 Å². The van der Waals surface area contributed by atoms with Crippen molar-refractivity contribution < 1.29 is 13.2 Å². The Kier molecular flexibility index (Phi) is 10.5. The Balaban J connectivity index is 1.92. The summed E-state index contributed by atoms with van der Waals surface area (Å²) < 4.78 is 29.5. The third-order valence-electron chi connectivity index (χ3n) is 6.05. The lowest BCUT2D eigenvalue weighted by molar-refractivity contribution is -0.115. The van der Waals surface area contributed by atoms with E-state index < -0.39 is 15.3 Å². The highest BCUT2D eigenvalue weighted by Crippen LogP contribution is 2.35. The van der Waals surface area contributed by atoms with Crippen molar-refractivity contribution in [2.24, 2.45) is 0 Å². The molecular formula is C25H30Cl3N5O3S2. The first-order valence-electron chi connectivity index (χ1n) is 12.1. The summed E-state index contributed by atoms with van der Waals surface area (Å²) in [6, 6.07) is 9.67. The maximum atomic E-state index is 13.1. The summed E-state index contributed by atoms with van der Waals surface area (Å²) >= 11 is 19.5. The van der Waals surface area contributed by atoms with Crippen LogP contribution in [0.2, 0.25) is 15.1 Å². The summed E-state index contributed by atoms with van der Waals surface area (Å²) in [7, 11) is -3.64. The molecule has 1 aromatic heterocycles. The minimum atomic E-state index is -3.64. The molecule has 1 amide bonds. The smallest absolute Gasteiger partial charge is 0.243 e. The van der Waals surface area contributed by atoms with Crippen molar-refractivity contribution in [1.29, 1.82) is 0 Å². The van der Waals surface area contributed by atoms with Crippen LogP contribution in [0.25, 0.3) is 11.4 Å². The van der Waals surface area contributed by atoms with Gasteiger partial charge in [0.25, 0.3) is 0 Å². The molecule has 2 unspecified atom stereocenters. The topological polar surface area (TPSA) is 97.2 Å². The Bertz CT molecular complexity index is 1410. The lowest BCUT2D eigenvalue weighted by Crippen LogP contribution is -2.30. The summed E-state index contributed by atoms with van der Waals surface area (Å²) in [4.78, 5) is 13.2. The molecule has 0 saturated carbocycles. The second-order valence-corrected chi connectivity index (χ2v) is 13.0. The van der Waals surface area contributed by atoms with E-state index in [1.807, 2.05) is 18.4 Å². The molecule has 3 rings (SSSR count). The molecule has 0 aliphatic carbocycles. The number of rotatable bonds is 11. The Labute approximate surface area is 243 Å². The van der Waals surface area contributed by atoms with Gasteiger partial charge in [-0.3, -0.25) is 9.36 Å². The van der Waals surface area contributed by atoms with Gasteiger partial charge in [0, 0.05) is 24.7 Å². The summed E-state index contributed by atoms with van der Waals surface area (Å²) in [6.45, 7) is 10.2. The molecule has 0 aliphatic heterocycles. The van der Waals surface area contributed by atoms with Crippen LogP contribution < -0.4 is 5.32 Å². The first-order chi connectivity index (χ1) is 17.9. The molecule has 206 valence electrons. The Morgan fingerprint density at radius 1 is 1.03 bits per heavy atom. The number of aromatic nitrogens is 3. The predicted octanol–water partition coefficient (Wildman–Crippen LogP) is 7.03. The first-order valence-corrected chi connectivity index (χ1v) is 15.6. The molecule has 13 heteroatoms. The van der Waals surface area contributed by atoms with E-state index in [4.69, 9.17) is 34.8 Å². The van der Waals surface area contributed by atoms with Crippen molar-refractivity contribution >= 4 is 68.2 Å². The minimum Gasteiger partial charge on any atom is -0.324 e. The molecule has 1 heterocycles. The van der Waals surface area contributed by atoms with E-state index in [1.165, 1.54) is 28.2 Å². The molecule has 3 aromatic rings. The average Bonchev–Trinajstić information content (AvgIpc) is 3.30. The van der Waals surface area contributed by atoms with Crippen molar-refractivity contribution in [3.8, 4) is 11.4 Å². The Morgan fingerprint density at radius 2 is 1.68 bits per heavy atom. The maximum Gasteiger partial charge on any atom is 0.243 e. The molecule has 0 radical (unpaired) electrons. The van der Waals surface area contributed by atoms with Crippen LogP contribution in [0.5, 0.6) is 0 Å². The van der Waals surface area contributed by atoms with Crippen LogP contribution in [0, 0.1) is 0 Å². The number of hydrogen-bond acceptors (Lipinski definition) is 6. The Morgan fingerprint density at radius 3 is 2.32 bits per heavy atom. The molecular weight excluding hydrogens is 589 g/mol. The molecule has 2 aromatic carbocycles. The van der Waals surface area contributed by atoms with Gasteiger partial charge in [-0.05, 0) is 44.5 Å². The van der Waals surface area contributed by atoms with Crippen molar-refractivity contribution in [3.63, 3.8) is 0 Å². The molecule has 0 fully saturated rings. The van der Waals surface area contributed by atoms with E-state index in [1.54, 1.807) is 45.0 Å². The fourth-order valence-electron chi connectivity index (χ4n) is 3.71. The number of nitrogens with one attached hydrogen (secondary N) is 1. The summed E-state index contributed by atoms with van der Waals surface area (Å²) in [5, 5.41) is 12.4. The maximum absolute atomic E-state index is 13.1. The molecule has 8 nitrogen and oxygen atoms in total. The largest absolute Gasteiger partial charge is 0.324 e. The lowest BCUT2D eigenvalue weighted by Gasteiger charge is -2.20. The van der Waals surface area contributed by atoms with Crippen LogP contribution in [0.15, 0.2) is 46.5 Å². The van der Waals surface area contributed by atoms with Gasteiger partial charge in [-0.1, -0.05) is 79.5 Å². The minimum absolute atomic E-state index is 0.00896. The van der Waals surface area contributed by atoms with Crippen LogP contribution in [0.3, 0.4) is 0 Å². The summed E-state index contributed by atoms with van der Waals surface area (Å²) in [6.07, 6.45) is 0.773. The molecule has 38 heavy (non-hydrogen) atoms. The Hall–Kier alpha value is -1.82. The van der Waals surface area contributed by atoms with E-state index in [-0.39, 0.29) is 26.9 Å². The van der Waals surface area contributed by atoms with Crippen LogP contribution in [0.4, 0.5) is 5.69 Å². The van der Waals surface area contributed by atoms with E-state index in [0.29, 0.717) is 40.3 Å². The second kappa shape index (κ2) is 13.0. The second-order valence-electron chi connectivity index (χ2n) is 8.55. The zero-order chi connectivity index (χ0) is 28.2. The van der Waals surface area contributed by atoms with Gasteiger partial charge in [-0.25, -0.2) is 8.42 Å². The highest BCUT2D eigenvalue weighted by atomic mass is 35.5. The third-order valence-corrected chi connectivity index (χ3v) is 10.2. The number of halogens is 3. The van der Waals surface area contributed by atoms with Crippen molar-refractivity contribution in [2.45, 2.75) is 62.4 Å². The number of sulfonamides is 1. The summed E-state index contributed by atoms with van der Waals surface area (Å²) in [5.74, 6) is 0.224. The van der Waals surface area contributed by atoms with Crippen molar-refractivity contribution in [1.82, 2.24) is 19.1 Å². The van der Waals surface area contributed by atoms with E-state index in [9.17, 15) is 13.2 Å². The molecule has 0 bridgehead atoms. The van der Waals surface area contributed by atoms with Gasteiger partial charge in [0.2, 0.25) is 15.9 Å². The van der Waals surface area contributed by atoms with Crippen LogP contribution in [-0.4, -0.2) is 51.7 Å². The van der Waals surface area contributed by atoms with Crippen LogP contribution in [-0.2, 0) is 14.8 Å². The van der Waals surface area contributed by atoms with E-state index in [2.05, 4.69) is 15.5 Å². The fourth-order valence-corrected chi connectivity index (χ4v) is 6.76. The number of hydrogen-bond donors (Lipinski definition) is 1. The number of carbonyl (C=O) groups is 1. The zero-order valence-corrected chi connectivity index (χ0v) is 25.6. The molecule has 0 spiro atoms. The van der Waals surface area contributed by atoms with Gasteiger partial charge in [0.15, 0.2) is 11.0 Å². The van der Waals surface area contributed by atoms with Crippen LogP contribution >= 0.6 is 46.6 Å². The standard InChI is InChI=1S/C25H30Cl3N5O3S2/c1-6-15(4)33-23(17-10-9-11-18(12-17)38(35,36)32(7-2)8-3)30-31-25(33)37-16(5)24(34)29-22-14-20(27)19(26)13-21(22)28/h9-16H,6-8H2,1-5H3,(H,29,34). The van der Waals surface area contributed by atoms with Crippen molar-refractivity contribution in [2.75, 3.05) is 18.4 Å². The lowest BCUT2D eigenvalue weighted by atomic mass is 10.2. The number of anilines is 1. The van der Waals surface area contributed by atoms with Gasteiger partial charge >= 0.3 is 0 Å². The number of amides is 1. The quantitative estimate of drug-likeness (QED) is 0.183. The molecule has 0 aliphatic rings. The number of benzene rings is 2. The molecule has 0 saturated heterocycles. The van der Waals surface area contributed by atoms with Gasteiger partial charge in [0.1, 0.15) is 0 Å². The highest BCUT2D eigenvalue weighted by Gasteiger charge is 2.26. The monoisotopic (exact) mass is 617 g/mol. The number of carbonyl (C=O) groups excluding carboxylic acids is 1. The van der Waals surface area contributed by atoms with Crippen LogP contribution in [0.1, 0.15) is 47.1 Å².